The number of hydrogen-bond donors (Lipinski definition) is 0. The number of imidazole rings is 1. The number of anilines is 1. The summed E-state index contributed by atoms with van der Waals surface area (Å²) in [6.07, 6.45) is 7.80. The molecule has 0 aliphatic carbocycles. The summed E-state index contributed by atoms with van der Waals surface area (Å²) in [5.74, 6) is 0.278. The van der Waals surface area contributed by atoms with Crippen LogP contribution in [-0.2, 0) is 27.5 Å². The second kappa shape index (κ2) is 8.36. The average Bonchev–Trinajstić information content (AvgIpc) is 3.44. The Bertz CT molecular complexity index is 815. The lowest BCUT2D eigenvalue weighted by atomic mass is 9.95. The molecule has 2 amide bonds. The molecule has 0 spiro atoms. The second-order valence-corrected chi connectivity index (χ2v) is 8.39. The number of carbonyl (C=O) groups excluding carboxylic acids is 2. The molecule has 0 radical (unpaired) electrons. The van der Waals surface area contributed by atoms with Gasteiger partial charge in [0.15, 0.2) is 0 Å². The molecule has 2 saturated heterocycles. The van der Waals surface area contributed by atoms with Gasteiger partial charge in [-0.05, 0) is 18.8 Å². The fourth-order valence-corrected chi connectivity index (χ4v) is 4.72. The number of piperidine rings is 1. The highest BCUT2D eigenvalue weighted by Gasteiger charge is 2.39. The molecule has 1 atom stereocenters. The van der Waals surface area contributed by atoms with E-state index in [1.54, 1.807) is 18.2 Å². The predicted molar refractivity (Wildman–Crippen MR) is 103 cm³/mol. The zero-order valence-electron chi connectivity index (χ0n) is 15.9. The molecule has 1 unspecified atom stereocenters. The van der Waals surface area contributed by atoms with Gasteiger partial charge in [-0.2, -0.15) is 0 Å². The Morgan fingerprint density at radius 1 is 1.32 bits per heavy atom. The van der Waals surface area contributed by atoms with Crippen molar-refractivity contribution in [1.82, 2.24) is 24.6 Å². The zero-order chi connectivity index (χ0) is 19.5. The van der Waals surface area contributed by atoms with Crippen LogP contribution in [-0.4, -0.2) is 63.2 Å². The fourth-order valence-electron chi connectivity index (χ4n) is 3.88. The number of nitrogens with zero attached hydrogens (tertiary/aromatic N) is 6. The molecule has 28 heavy (non-hydrogen) atoms. The maximum Gasteiger partial charge on any atom is 0.229 e. The van der Waals surface area contributed by atoms with Crippen LogP contribution in [0.3, 0.4) is 0 Å². The van der Waals surface area contributed by atoms with E-state index in [4.69, 9.17) is 4.74 Å². The van der Waals surface area contributed by atoms with Gasteiger partial charge in [-0.25, -0.2) is 4.98 Å². The van der Waals surface area contributed by atoms with Crippen molar-refractivity contribution in [2.75, 3.05) is 31.6 Å². The van der Waals surface area contributed by atoms with Crippen LogP contribution in [0, 0.1) is 11.8 Å². The summed E-state index contributed by atoms with van der Waals surface area (Å²) < 4.78 is 7.14. The fraction of sp³-hybridized carbons (Fsp3) is 0.611. The Morgan fingerprint density at radius 3 is 2.86 bits per heavy atom. The molecule has 0 N–H and O–H groups in total. The van der Waals surface area contributed by atoms with E-state index in [2.05, 4.69) is 19.7 Å². The lowest BCUT2D eigenvalue weighted by molar-refractivity contribution is -0.137. The Balaban J connectivity index is 1.31. The highest BCUT2D eigenvalue weighted by molar-refractivity contribution is 7.15. The van der Waals surface area contributed by atoms with Crippen LogP contribution >= 0.6 is 11.3 Å². The zero-order valence-corrected chi connectivity index (χ0v) is 16.7. The number of rotatable bonds is 6. The number of amides is 2. The van der Waals surface area contributed by atoms with Crippen molar-refractivity contribution in [3.05, 3.63) is 23.7 Å². The summed E-state index contributed by atoms with van der Waals surface area (Å²) in [4.78, 5) is 32.9. The standard InChI is InChI=1S/C18H24N6O3S/c1-27-11-15-20-21-18(28-15)24-10-14(8-16(24)25)17(26)23-5-2-13(3-6-23)9-22-7-4-19-12-22/h4,7,12-14H,2-3,5-6,8-11H2,1H3. The summed E-state index contributed by atoms with van der Waals surface area (Å²) in [6.45, 7) is 3.20. The first kappa shape index (κ1) is 19.0. The van der Waals surface area contributed by atoms with Gasteiger partial charge in [0, 0.05) is 52.1 Å². The van der Waals surface area contributed by atoms with E-state index >= 15 is 0 Å². The van der Waals surface area contributed by atoms with Gasteiger partial charge in [-0.3, -0.25) is 14.5 Å². The minimum Gasteiger partial charge on any atom is -0.377 e. The van der Waals surface area contributed by atoms with Crippen molar-refractivity contribution >= 4 is 28.3 Å². The average molecular weight is 404 g/mol. The highest BCUT2D eigenvalue weighted by Crippen LogP contribution is 2.30. The van der Waals surface area contributed by atoms with E-state index in [-0.39, 0.29) is 24.2 Å². The van der Waals surface area contributed by atoms with Crippen LogP contribution in [0.25, 0.3) is 0 Å². The molecule has 2 aliphatic heterocycles. The summed E-state index contributed by atoms with van der Waals surface area (Å²) in [5, 5.41) is 9.38. The van der Waals surface area contributed by atoms with Crippen LogP contribution in [0.4, 0.5) is 5.13 Å². The van der Waals surface area contributed by atoms with Crippen molar-refractivity contribution in [2.45, 2.75) is 32.4 Å². The summed E-state index contributed by atoms with van der Waals surface area (Å²) >= 11 is 1.34. The van der Waals surface area contributed by atoms with Gasteiger partial charge < -0.3 is 14.2 Å². The molecule has 2 fully saturated rings. The van der Waals surface area contributed by atoms with E-state index in [1.165, 1.54) is 11.3 Å². The Morgan fingerprint density at radius 2 is 2.14 bits per heavy atom. The van der Waals surface area contributed by atoms with Crippen LogP contribution in [0.1, 0.15) is 24.3 Å². The first-order chi connectivity index (χ1) is 13.6. The Kier molecular flexibility index (Phi) is 5.67. The smallest absolute Gasteiger partial charge is 0.229 e. The summed E-state index contributed by atoms with van der Waals surface area (Å²) in [7, 11) is 1.59. The number of carbonyl (C=O) groups is 2. The molecule has 10 heteroatoms. The quantitative estimate of drug-likeness (QED) is 0.718. The van der Waals surface area contributed by atoms with Crippen LogP contribution in [0.5, 0.6) is 0 Å². The molecule has 4 rings (SSSR count). The van der Waals surface area contributed by atoms with Gasteiger partial charge in [0.25, 0.3) is 0 Å². The molecule has 0 saturated carbocycles. The van der Waals surface area contributed by atoms with Crippen LogP contribution < -0.4 is 4.90 Å². The molecule has 150 valence electrons. The molecule has 2 aromatic rings. The molecule has 2 aliphatic rings. The molecule has 0 bridgehead atoms. The summed E-state index contributed by atoms with van der Waals surface area (Å²) in [5.41, 5.74) is 0. The molecular weight excluding hydrogens is 380 g/mol. The van der Waals surface area contributed by atoms with Crippen molar-refractivity contribution in [1.29, 1.82) is 0 Å². The van der Waals surface area contributed by atoms with Crippen LogP contribution in [0.15, 0.2) is 18.7 Å². The maximum atomic E-state index is 12.9. The Labute approximate surface area is 167 Å². The molecule has 9 nitrogen and oxygen atoms in total. The SMILES string of the molecule is COCc1nnc(N2CC(C(=O)N3CCC(Cn4ccnc4)CC3)CC2=O)s1. The van der Waals surface area contributed by atoms with Gasteiger partial charge in [-0.1, -0.05) is 11.3 Å². The van der Waals surface area contributed by atoms with Gasteiger partial charge in [-0.15, -0.1) is 10.2 Å². The normalized spacial score (nSPS) is 20.9. The van der Waals surface area contributed by atoms with Crippen molar-refractivity contribution in [2.24, 2.45) is 11.8 Å². The van der Waals surface area contributed by atoms with Crippen molar-refractivity contribution < 1.29 is 14.3 Å². The third-order valence-electron chi connectivity index (χ3n) is 5.38. The van der Waals surface area contributed by atoms with Gasteiger partial charge in [0.2, 0.25) is 16.9 Å². The van der Waals surface area contributed by atoms with E-state index in [0.717, 1.165) is 37.5 Å². The number of hydrogen-bond acceptors (Lipinski definition) is 7. The van der Waals surface area contributed by atoms with Crippen LogP contribution in [0.2, 0.25) is 0 Å². The monoisotopic (exact) mass is 404 g/mol. The third kappa shape index (κ3) is 4.07. The lowest BCUT2D eigenvalue weighted by Crippen LogP contribution is -2.43. The van der Waals surface area contributed by atoms with Gasteiger partial charge in [0.1, 0.15) is 11.6 Å². The number of ether oxygens (including phenoxy) is 1. The van der Waals surface area contributed by atoms with E-state index in [1.807, 2.05) is 17.4 Å². The minimum atomic E-state index is -0.299. The second-order valence-electron chi connectivity index (χ2n) is 7.34. The lowest BCUT2D eigenvalue weighted by Gasteiger charge is -2.33. The highest BCUT2D eigenvalue weighted by atomic mass is 32.1. The maximum absolute atomic E-state index is 12.9. The van der Waals surface area contributed by atoms with E-state index in [9.17, 15) is 9.59 Å². The van der Waals surface area contributed by atoms with Gasteiger partial charge in [0.05, 0.1) is 12.2 Å². The molecule has 2 aromatic heterocycles. The summed E-state index contributed by atoms with van der Waals surface area (Å²) in [6, 6.07) is 0. The third-order valence-corrected chi connectivity index (χ3v) is 6.30. The van der Waals surface area contributed by atoms with E-state index < -0.39 is 0 Å². The van der Waals surface area contributed by atoms with Crippen molar-refractivity contribution in [3.63, 3.8) is 0 Å². The number of likely N-dealkylation sites (tertiary alicyclic amines) is 1. The molecular formula is C18H24N6O3S. The van der Waals surface area contributed by atoms with Gasteiger partial charge >= 0.3 is 0 Å². The first-order valence-corrected chi connectivity index (χ1v) is 10.3. The largest absolute Gasteiger partial charge is 0.377 e. The molecule has 4 heterocycles. The first-order valence-electron chi connectivity index (χ1n) is 9.50. The topological polar surface area (TPSA) is 93.5 Å². The number of methoxy groups -OCH3 is 1. The van der Waals surface area contributed by atoms with E-state index in [0.29, 0.717) is 24.2 Å². The number of aromatic nitrogens is 4. The minimum absolute atomic E-state index is 0.0616. The Hall–Kier alpha value is -2.33. The predicted octanol–water partition coefficient (Wildman–Crippen LogP) is 1.17. The van der Waals surface area contributed by atoms with Crippen molar-refractivity contribution in [3.8, 4) is 0 Å². The molecule has 0 aromatic carbocycles.